The molecule has 0 saturated heterocycles. The zero-order valence-electron chi connectivity index (χ0n) is 9.66. The van der Waals surface area contributed by atoms with Crippen LogP contribution in [0.15, 0.2) is 11.6 Å². The Hall–Kier alpha value is -1.09. The van der Waals surface area contributed by atoms with Crippen molar-refractivity contribution in [3.05, 3.63) is 22.7 Å². The highest BCUT2D eigenvalue weighted by atomic mass is 32.1. The molecule has 0 fully saturated rings. The first-order valence-corrected chi connectivity index (χ1v) is 6.07. The summed E-state index contributed by atoms with van der Waals surface area (Å²) in [6.07, 6.45) is 1.97. The second kappa shape index (κ2) is 3.81. The molecular weight excluding hydrogens is 204 g/mol. The minimum absolute atomic E-state index is 1.02. The van der Waals surface area contributed by atoms with Crippen molar-refractivity contribution in [1.82, 2.24) is 4.98 Å². The van der Waals surface area contributed by atoms with Gasteiger partial charge in [0.05, 0.1) is 5.69 Å². The van der Waals surface area contributed by atoms with Crippen LogP contribution in [-0.2, 0) is 0 Å². The maximum Gasteiger partial charge on any atom is 0.125 e. The van der Waals surface area contributed by atoms with Crippen molar-refractivity contribution < 1.29 is 0 Å². The number of pyridine rings is 1. The number of anilines is 1. The Kier molecular flexibility index (Phi) is 2.65. The predicted octanol–water partition coefficient (Wildman–Crippen LogP) is 3.37. The molecule has 0 amide bonds. The van der Waals surface area contributed by atoms with E-state index in [1.165, 1.54) is 22.2 Å². The van der Waals surface area contributed by atoms with Crippen LogP contribution in [0.1, 0.15) is 18.1 Å². The predicted molar refractivity (Wildman–Crippen MR) is 68.0 cm³/mol. The van der Waals surface area contributed by atoms with Crippen LogP contribution in [0.2, 0.25) is 0 Å². The normalized spacial score (nSPS) is 10.9. The van der Waals surface area contributed by atoms with Gasteiger partial charge in [-0.25, -0.2) is 4.98 Å². The summed E-state index contributed by atoms with van der Waals surface area (Å²) < 4.78 is 0. The Labute approximate surface area is 94.6 Å². The number of hydrogen-bond donors (Lipinski definition) is 0. The van der Waals surface area contributed by atoms with Gasteiger partial charge in [-0.15, -0.1) is 11.3 Å². The Morgan fingerprint density at radius 3 is 2.73 bits per heavy atom. The minimum Gasteiger partial charge on any atom is -0.374 e. The molecule has 0 aliphatic heterocycles. The molecule has 0 bridgehead atoms. The molecule has 3 heteroatoms. The number of aromatic nitrogens is 1. The molecule has 2 aromatic rings. The lowest BCUT2D eigenvalue weighted by Crippen LogP contribution is -2.17. The van der Waals surface area contributed by atoms with Crippen LogP contribution in [0.25, 0.3) is 10.2 Å². The largest absolute Gasteiger partial charge is 0.374 e. The number of thiophene rings is 1. The van der Waals surface area contributed by atoms with Crippen molar-refractivity contribution in [1.29, 1.82) is 0 Å². The summed E-state index contributed by atoms with van der Waals surface area (Å²) in [5.41, 5.74) is 3.93. The number of fused-ring (bicyclic) bond motifs is 1. The van der Waals surface area contributed by atoms with E-state index in [1.807, 2.05) is 6.20 Å². The van der Waals surface area contributed by atoms with E-state index in [2.05, 4.69) is 43.1 Å². The summed E-state index contributed by atoms with van der Waals surface area (Å²) in [7, 11) is 2.14. The lowest BCUT2D eigenvalue weighted by atomic mass is 10.1. The Balaban J connectivity index is 2.78. The average Bonchev–Trinajstić information content (AvgIpc) is 2.60. The topological polar surface area (TPSA) is 16.1 Å². The van der Waals surface area contributed by atoms with Gasteiger partial charge in [-0.3, -0.25) is 0 Å². The van der Waals surface area contributed by atoms with Crippen LogP contribution in [0.3, 0.4) is 0 Å². The van der Waals surface area contributed by atoms with Crippen LogP contribution in [-0.4, -0.2) is 18.6 Å². The Bertz CT molecular complexity index is 488. The molecule has 0 radical (unpaired) electrons. The minimum atomic E-state index is 1.02. The fraction of sp³-hybridized carbons (Fsp3) is 0.417. The molecule has 2 aromatic heterocycles. The maximum absolute atomic E-state index is 4.47. The van der Waals surface area contributed by atoms with Gasteiger partial charge in [0.25, 0.3) is 0 Å². The van der Waals surface area contributed by atoms with Gasteiger partial charge in [-0.2, -0.15) is 0 Å². The first kappa shape index (κ1) is 10.4. The molecule has 15 heavy (non-hydrogen) atoms. The lowest BCUT2D eigenvalue weighted by molar-refractivity contribution is 0.965. The van der Waals surface area contributed by atoms with E-state index in [0.717, 1.165) is 11.4 Å². The third kappa shape index (κ3) is 1.61. The van der Waals surface area contributed by atoms with E-state index in [4.69, 9.17) is 0 Å². The maximum atomic E-state index is 4.47. The smallest absolute Gasteiger partial charge is 0.125 e. The lowest BCUT2D eigenvalue weighted by Gasteiger charge is -2.20. The Morgan fingerprint density at radius 1 is 1.33 bits per heavy atom. The van der Waals surface area contributed by atoms with E-state index in [-0.39, 0.29) is 0 Å². The first-order valence-electron chi connectivity index (χ1n) is 5.19. The van der Waals surface area contributed by atoms with Crippen LogP contribution in [0.4, 0.5) is 5.69 Å². The zero-order valence-corrected chi connectivity index (χ0v) is 10.5. The average molecular weight is 220 g/mol. The highest BCUT2D eigenvalue weighted by molar-refractivity contribution is 7.17. The van der Waals surface area contributed by atoms with Gasteiger partial charge >= 0.3 is 0 Å². The summed E-state index contributed by atoms with van der Waals surface area (Å²) in [5.74, 6) is 0. The monoisotopic (exact) mass is 220 g/mol. The molecule has 80 valence electrons. The number of nitrogens with zero attached hydrogens (tertiary/aromatic N) is 2. The van der Waals surface area contributed by atoms with E-state index in [1.54, 1.807) is 11.3 Å². The van der Waals surface area contributed by atoms with Crippen molar-refractivity contribution in [3.8, 4) is 0 Å². The van der Waals surface area contributed by atoms with Gasteiger partial charge in [0.2, 0.25) is 0 Å². The second-order valence-electron chi connectivity index (χ2n) is 3.90. The van der Waals surface area contributed by atoms with E-state index < -0.39 is 0 Å². The van der Waals surface area contributed by atoms with Crippen LogP contribution in [0, 0.1) is 13.8 Å². The van der Waals surface area contributed by atoms with Crippen LogP contribution < -0.4 is 4.90 Å². The molecule has 0 spiro atoms. The fourth-order valence-electron chi connectivity index (χ4n) is 1.88. The summed E-state index contributed by atoms with van der Waals surface area (Å²) in [6.45, 7) is 7.49. The highest BCUT2D eigenvalue weighted by Crippen LogP contribution is 2.34. The van der Waals surface area contributed by atoms with Gasteiger partial charge in [0.1, 0.15) is 4.83 Å². The Morgan fingerprint density at radius 2 is 2.07 bits per heavy atom. The molecule has 0 N–H and O–H groups in total. The van der Waals surface area contributed by atoms with Gasteiger partial charge in [0.15, 0.2) is 0 Å². The summed E-state index contributed by atoms with van der Waals surface area (Å²) in [4.78, 5) is 7.91. The number of rotatable bonds is 2. The van der Waals surface area contributed by atoms with E-state index >= 15 is 0 Å². The van der Waals surface area contributed by atoms with Crippen LogP contribution >= 0.6 is 11.3 Å². The van der Waals surface area contributed by atoms with E-state index in [9.17, 15) is 0 Å². The molecule has 0 atom stereocenters. The molecule has 2 rings (SSSR count). The van der Waals surface area contributed by atoms with Gasteiger partial charge in [-0.1, -0.05) is 0 Å². The first-order chi connectivity index (χ1) is 7.15. The number of hydrogen-bond acceptors (Lipinski definition) is 3. The third-order valence-electron chi connectivity index (χ3n) is 2.80. The van der Waals surface area contributed by atoms with Crippen LogP contribution in [0.5, 0.6) is 0 Å². The second-order valence-corrected chi connectivity index (χ2v) is 4.76. The molecule has 0 aliphatic carbocycles. The third-order valence-corrected chi connectivity index (χ3v) is 3.80. The van der Waals surface area contributed by atoms with Crippen molar-refractivity contribution in [2.24, 2.45) is 0 Å². The summed E-state index contributed by atoms with van der Waals surface area (Å²) in [5, 5.41) is 3.51. The molecule has 0 aliphatic rings. The summed E-state index contributed by atoms with van der Waals surface area (Å²) >= 11 is 1.73. The standard InChI is InChI=1S/C12H16N2S/c1-5-14(4)11-8(2)6-13-12-10(11)9(3)7-15-12/h6-7H,5H2,1-4H3. The van der Waals surface area contributed by atoms with Crippen molar-refractivity contribution in [2.75, 3.05) is 18.5 Å². The zero-order chi connectivity index (χ0) is 11.0. The molecule has 0 unspecified atom stereocenters. The van der Waals surface area contributed by atoms with Crippen molar-refractivity contribution in [3.63, 3.8) is 0 Å². The molecular formula is C12H16N2S. The quantitative estimate of drug-likeness (QED) is 0.771. The summed E-state index contributed by atoms with van der Waals surface area (Å²) in [6, 6.07) is 0. The van der Waals surface area contributed by atoms with Gasteiger partial charge in [0, 0.05) is 25.2 Å². The fourth-order valence-corrected chi connectivity index (χ4v) is 2.77. The van der Waals surface area contributed by atoms with Gasteiger partial charge < -0.3 is 4.90 Å². The van der Waals surface area contributed by atoms with E-state index in [0.29, 0.717) is 0 Å². The SMILES string of the molecule is CCN(C)c1c(C)cnc2scc(C)c12. The van der Waals surface area contributed by atoms with Crippen molar-refractivity contribution >= 4 is 27.2 Å². The molecule has 2 heterocycles. The highest BCUT2D eigenvalue weighted by Gasteiger charge is 2.12. The molecule has 0 aromatic carbocycles. The molecule has 2 nitrogen and oxygen atoms in total. The van der Waals surface area contributed by atoms with Gasteiger partial charge in [-0.05, 0) is 37.3 Å². The van der Waals surface area contributed by atoms with Crippen molar-refractivity contribution in [2.45, 2.75) is 20.8 Å². The molecule has 0 saturated carbocycles. The number of aryl methyl sites for hydroxylation is 2.